The summed E-state index contributed by atoms with van der Waals surface area (Å²) in [5.41, 5.74) is 0.366. The molecule has 1 aromatic rings. The number of hydrogen-bond donors (Lipinski definition) is 2. The van der Waals surface area contributed by atoms with E-state index in [-0.39, 0.29) is 17.4 Å². The molecule has 2 atom stereocenters. The van der Waals surface area contributed by atoms with Crippen LogP contribution in [0.1, 0.15) is 36.0 Å². The Bertz CT molecular complexity index is 560. The van der Waals surface area contributed by atoms with Gasteiger partial charge in [0.25, 0.3) is 0 Å². The molecular weight excluding hydrogens is 278 g/mol. The highest BCUT2D eigenvalue weighted by Crippen LogP contribution is 2.55. The number of carbonyl (C=O) groups is 2. The van der Waals surface area contributed by atoms with Gasteiger partial charge in [0, 0.05) is 10.9 Å². The monoisotopic (exact) mass is 293 g/mol. The predicted octanol–water partition coefficient (Wildman–Crippen LogP) is 3.41. The summed E-state index contributed by atoms with van der Waals surface area (Å²) in [6, 6.07) is 4.50. The molecule has 5 heteroatoms. The van der Waals surface area contributed by atoms with E-state index in [4.69, 9.17) is 16.7 Å². The third-order valence-corrected chi connectivity index (χ3v) is 4.66. The van der Waals surface area contributed by atoms with Crippen LogP contribution < -0.4 is 5.32 Å². The Balaban J connectivity index is 1.75. The van der Waals surface area contributed by atoms with Gasteiger partial charge in [-0.1, -0.05) is 24.4 Å². The summed E-state index contributed by atoms with van der Waals surface area (Å²) in [6.45, 7) is 0. The van der Waals surface area contributed by atoms with Gasteiger partial charge in [0.05, 0.1) is 11.3 Å². The standard InChI is InChI=1S/C15H16ClNO3/c16-8-5-6-12(11(7-8)15(19)20)17-14(18)13-9-3-1-2-4-10(9)13/h5-7,9-10,13H,1-4H2,(H,17,18)(H,19,20). The summed E-state index contributed by atoms with van der Waals surface area (Å²) in [6.07, 6.45) is 4.64. The van der Waals surface area contributed by atoms with Gasteiger partial charge in [-0.3, -0.25) is 4.79 Å². The number of aromatic carboxylic acids is 1. The summed E-state index contributed by atoms with van der Waals surface area (Å²) in [5.74, 6) is -0.0637. The van der Waals surface area contributed by atoms with Crippen LogP contribution in [0.3, 0.4) is 0 Å². The number of carboxylic acid groups (broad SMARTS) is 1. The van der Waals surface area contributed by atoms with E-state index in [1.165, 1.54) is 18.9 Å². The number of halogens is 1. The summed E-state index contributed by atoms with van der Waals surface area (Å²) < 4.78 is 0. The Kier molecular flexibility index (Phi) is 3.42. The maximum Gasteiger partial charge on any atom is 0.337 e. The molecule has 2 aliphatic carbocycles. The first-order valence-electron chi connectivity index (χ1n) is 6.91. The van der Waals surface area contributed by atoms with Crippen LogP contribution in [0.2, 0.25) is 5.02 Å². The zero-order valence-electron chi connectivity index (χ0n) is 10.9. The summed E-state index contributed by atoms with van der Waals surface area (Å²) >= 11 is 5.80. The second kappa shape index (κ2) is 5.09. The van der Waals surface area contributed by atoms with Crippen molar-refractivity contribution in [3.8, 4) is 0 Å². The minimum Gasteiger partial charge on any atom is -0.478 e. The smallest absolute Gasteiger partial charge is 0.337 e. The normalized spacial score (nSPS) is 27.6. The molecule has 2 N–H and O–H groups in total. The molecule has 4 nitrogen and oxygen atoms in total. The minimum absolute atomic E-state index is 0.0365. The van der Waals surface area contributed by atoms with Crippen LogP contribution in [0.25, 0.3) is 0 Å². The fourth-order valence-electron chi connectivity index (χ4n) is 3.40. The van der Waals surface area contributed by atoms with Crippen LogP contribution in [0, 0.1) is 17.8 Å². The van der Waals surface area contributed by atoms with Gasteiger partial charge in [-0.15, -0.1) is 0 Å². The van der Waals surface area contributed by atoms with Gasteiger partial charge in [-0.2, -0.15) is 0 Å². The van der Waals surface area contributed by atoms with Crippen molar-refractivity contribution in [1.29, 1.82) is 0 Å². The molecule has 0 aromatic heterocycles. The van der Waals surface area contributed by atoms with Crippen LogP contribution >= 0.6 is 11.6 Å². The lowest BCUT2D eigenvalue weighted by Crippen LogP contribution is -2.17. The topological polar surface area (TPSA) is 66.4 Å². The van der Waals surface area contributed by atoms with Crippen molar-refractivity contribution in [2.24, 2.45) is 17.8 Å². The van der Waals surface area contributed by atoms with E-state index in [2.05, 4.69) is 5.32 Å². The zero-order chi connectivity index (χ0) is 14.3. The maximum absolute atomic E-state index is 12.3. The molecule has 0 saturated heterocycles. The van der Waals surface area contributed by atoms with Gasteiger partial charge in [0.1, 0.15) is 0 Å². The lowest BCUT2D eigenvalue weighted by Gasteiger charge is -2.08. The van der Waals surface area contributed by atoms with Crippen LogP contribution in [0.5, 0.6) is 0 Å². The van der Waals surface area contributed by atoms with Crippen molar-refractivity contribution in [1.82, 2.24) is 0 Å². The molecule has 2 unspecified atom stereocenters. The number of hydrogen-bond acceptors (Lipinski definition) is 2. The Hall–Kier alpha value is -1.55. The number of amides is 1. The Morgan fingerprint density at radius 3 is 2.45 bits per heavy atom. The van der Waals surface area contributed by atoms with Gasteiger partial charge < -0.3 is 10.4 Å². The van der Waals surface area contributed by atoms with E-state index in [1.54, 1.807) is 12.1 Å². The van der Waals surface area contributed by atoms with Crippen molar-refractivity contribution in [2.75, 3.05) is 5.32 Å². The first-order chi connectivity index (χ1) is 9.58. The fourth-order valence-corrected chi connectivity index (χ4v) is 3.57. The summed E-state index contributed by atoms with van der Waals surface area (Å²) in [4.78, 5) is 23.4. The first kappa shape index (κ1) is 13.4. The molecular formula is C15H16ClNO3. The quantitative estimate of drug-likeness (QED) is 0.897. The molecule has 2 aliphatic rings. The van der Waals surface area contributed by atoms with Gasteiger partial charge in [0.15, 0.2) is 0 Å². The largest absolute Gasteiger partial charge is 0.478 e. The van der Waals surface area contributed by atoms with Gasteiger partial charge in [-0.05, 0) is 42.9 Å². The number of nitrogens with one attached hydrogen (secondary N) is 1. The van der Waals surface area contributed by atoms with Gasteiger partial charge in [0.2, 0.25) is 5.91 Å². The van der Waals surface area contributed by atoms with Crippen LogP contribution in [-0.4, -0.2) is 17.0 Å². The van der Waals surface area contributed by atoms with Crippen molar-refractivity contribution < 1.29 is 14.7 Å². The minimum atomic E-state index is -1.09. The maximum atomic E-state index is 12.3. The van der Waals surface area contributed by atoms with E-state index >= 15 is 0 Å². The Morgan fingerprint density at radius 2 is 1.85 bits per heavy atom. The van der Waals surface area contributed by atoms with Gasteiger partial charge >= 0.3 is 5.97 Å². The van der Waals surface area contributed by atoms with E-state index in [1.807, 2.05) is 0 Å². The molecule has 3 rings (SSSR count). The third-order valence-electron chi connectivity index (χ3n) is 4.43. The van der Waals surface area contributed by atoms with Crippen molar-refractivity contribution in [3.63, 3.8) is 0 Å². The number of carbonyl (C=O) groups excluding carboxylic acids is 1. The average molecular weight is 294 g/mol. The zero-order valence-corrected chi connectivity index (χ0v) is 11.7. The van der Waals surface area contributed by atoms with Gasteiger partial charge in [-0.25, -0.2) is 4.79 Å². The first-order valence-corrected chi connectivity index (χ1v) is 7.29. The molecule has 2 fully saturated rings. The summed E-state index contributed by atoms with van der Waals surface area (Å²) in [5, 5.41) is 12.3. The van der Waals surface area contributed by atoms with E-state index < -0.39 is 5.97 Å². The Morgan fingerprint density at radius 1 is 1.20 bits per heavy atom. The molecule has 0 radical (unpaired) electrons. The molecule has 106 valence electrons. The summed E-state index contributed by atoms with van der Waals surface area (Å²) in [7, 11) is 0. The predicted molar refractivity (Wildman–Crippen MR) is 76.0 cm³/mol. The van der Waals surface area contributed by atoms with E-state index in [0.717, 1.165) is 12.8 Å². The third kappa shape index (κ3) is 2.40. The molecule has 0 aliphatic heterocycles. The number of fused-ring (bicyclic) bond motifs is 1. The van der Waals surface area contributed by atoms with Crippen LogP contribution in [0.15, 0.2) is 18.2 Å². The second-order valence-electron chi connectivity index (χ2n) is 5.62. The second-order valence-corrected chi connectivity index (χ2v) is 6.06. The van der Waals surface area contributed by atoms with Crippen molar-refractivity contribution in [3.05, 3.63) is 28.8 Å². The molecule has 0 bridgehead atoms. The van der Waals surface area contributed by atoms with Crippen molar-refractivity contribution >= 4 is 29.2 Å². The van der Waals surface area contributed by atoms with Crippen molar-refractivity contribution in [2.45, 2.75) is 25.7 Å². The number of rotatable bonds is 3. The highest BCUT2D eigenvalue weighted by atomic mass is 35.5. The highest BCUT2D eigenvalue weighted by molar-refractivity contribution is 6.31. The Labute approximate surface area is 122 Å². The average Bonchev–Trinajstić information content (AvgIpc) is 3.15. The highest BCUT2D eigenvalue weighted by Gasteiger charge is 2.54. The SMILES string of the molecule is O=C(O)c1cc(Cl)ccc1NC(=O)C1C2CCCCC21. The number of anilines is 1. The van der Waals surface area contributed by atoms with Crippen LogP contribution in [-0.2, 0) is 4.79 Å². The number of benzene rings is 1. The number of carboxylic acids is 1. The molecule has 0 heterocycles. The molecule has 1 amide bonds. The molecule has 0 spiro atoms. The fraction of sp³-hybridized carbons (Fsp3) is 0.467. The lowest BCUT2D eigenvalue weighted by molar-refractivity contribution is -0.117. The lowest BCUT2D eigenvalue weighted by atomic mass is 10.0. The van der Waals surface area contributed by atoms with Crippen LogP contribution in [0.4, 0.5) is 5.69 Å². The van der Waals surface area contributed by atoms with E-state index in [0.29, 0.717) is 22.5 Å². The van der Waals surface area contributed by atoms with E-state index in [9.17, 15) is 9.59 Å². The molecule has 1 aromatic carbocycles. The molecule has 20 heavy (non-hydrogen) atoms. The molecule has 2 saturated carbocycles.